The standard InChI is InChI=1S/C12H11ClN2O3/c1-15(2)11(16)9-7-5-6(13)3-4-8(7)14-10(9)12(17)18/h3-5,14H,1-2H3,(H,17,18). The average Bonchev–Trinajstić information content (AvgIpc) is 2.66. The molecule has 2 N–H and O–H groups in total. The Bertz CT molecular complexity index is 646. The molecule has 0 aliphatic rings. The molecular weight excluding hydrogens is 256 g/mol. The van der Waals surface area contributed by atoms with E-state index in [4.69, 9.17) is 16.7 Å². The van der Waals surface area contributed by atoms with E-state index in [-0.39, 0.29) is 17.2 Å². The van der Waals surface area contributed by atoms with Gasteiger partial charge in [0.25, 0.3) is 5.91 Å². The highest BCUT2D eigenvalue weighted by Gasteiger charge is 2.24. The van der Waals surface area contributed by atoms with Gasteiger partial charge in [0.15, 0.2) is 0 Å². The SMILES string of the molecule is CN(C)C(=O)c1c(C(=O)O)[nH]c2ccc(Cl)cc12. The number of halogens is 1. The summed E-state index contributed by atoms with van der Waals surface area (Å²) >= 11 is 5.88. The van der Waals surface area contributed by atoms with Gasteiger partial charge in [-0.2, -0.15) is 0 Å². The largest absolute Gasteiger partial charge is 0.477 e. The van der Waals surface area contributed by atoms with Crippen LogP contribution in [0, 0.1) is 0 Å². The zero-order valence-corrected chi connectivity index (χ0v) is 10.6. The van der Waals surface area contributed by atoms with Crippen LogP contribution in [0.3, 0.4) is 0 Å². The number of rotatable bonds is 2. The van der Waals surface area contributed by atoms with Crippen LogP contribution in [0.25, 0.3) is 10.9 Å². The molecule has 0 fully saturated rings. The third-order valence-electron chi connectivity index (χ3n) is 2.59. The van der Waals surface area contributed by atoms with Crippen LogP contribution in [0.15, 0.2) is 18.2 Å². The first kappa shape index (κ1) is 12.4. The van der Waals surface area contributed by atoms with Crippen molar-refractivity contribution >= 4 is 34.4 Å². The number of hydrogen-bond acceptors (Lipinski definition) is 2. The number of aromatic amines is 1. The molecule has 0 unspecified atom stereocenters. The van der Waals surface area contributed by atoms with E-state index < -0.39 is 5.97 Å². The van der Waals surface area contributed by atoms with Gasteiger partial charge in [-0.1, -0.05) is 11.6 Å². The Morgan fingerprint density at radius 2 is 2.00 bits per heavy atom. The molecule has 0 saturated carbocycles. The van der Waals surface area contributed by atoms with Crippen LogP contribution in [-0.2, 0) is 0 Å². The molecule has 18 heavy (non-hydrogen) atoms. The van der Waals surface area contributed by atoms with E-state index in [2.05, 4.69) is 4.98 Å². The number of aromatic nitrogens is 1. The number of aromatic carboxylic acids is 1. The highest BCUT2D eigenvalue weighted by molar-refractivity contribution is 6.31. The quantitative estimate of drug-likeness (QED) is 0.875. The summed E-state index contributed by atoms with van der Waals surface area (Å²) in [6.07, 6.45) is 0. The Labute approximate surface area is 108 Å². The number of H-pyrrole nitrogens is 1. The van der Waals surface area contributed by atoms with Crippen molar-refractivity contribution in [1.29, 1.82) is 0 Å². The fourth-order valence-corrected chi connectivity index (χ4v) is 1.94. The van der Waals surface area contributed by atoms with Gasteiger partial charge < -0.3 is 15.0 Å². The Hall–Kier alpha value is -2.01. The molecule has 1 amide bonds. The first-order valence-electron chi connectivity index (χ1n) is 5.18. The first-order chi connectivity index (χ1) is 8.41. The summed E-state index contributed by atoms with van der Waals surface area (Å²) in [5.74, 6) is -1.55. The summed E-state index contributed by atoms with van der Waals surface area (Å²) in [5, 5.41) is 10.1. The topological polar surface area (TPSA) is 73.4 Å². The number of nitrogens with one attached hydrogen (secondary N) is 1. The fraction of sp³-hybridized carbons (Fsp3) is 0.167. The number of carbonyl (C=O) groups is 2. The lowest BCUT2D eigenvalue weighted by atomic mass is 10.1. The van der Waals surface area contributed by atoms with E-state index in [1.807, 2.05) is 0 Å². The van der Waals surface area contributed by atoms with Crippen molar-refractivity contribution < 1.29 is 14.7 Å². The maximum Gasteiger partial charge on any atom is 0.353 e. The number of nitrogens with zero attached hydrogens (tertiary/aromatic N) is 1. The molecule has 0 aliphatic carbocycles. The van der Waals surface area contributed by atoms with Crippen molar-refractivity contribution in [3.05, 3.63) is 34.5 Å². The molecule has 0 saturated heterocycles. The van der Waals surface area contributed by atoms with Gasteiger partial charge in [-0.25, -0.2) is 4.79 Å². The minimum Gasteiger partial charge on any atom is -0.477 e. The molecule has 6 heteroatoms. The summed E-state index contributed by atoms with van der Waals surface area (Å²) in [6.45, 7) is 0. The molecule has 0 atom stereocenters. The second kappa shape index (κ2) is 4.34. The minimum atomic E-state index is -1.17. The predicted octanol–water partition coefficient (Wildman–Crippen LogP) is 2.22. The van der Waals surface area contributed by atoms with E-state index in [1.165, 1.54) is 4.90 Å². The summed E-state index contributed by atoms with van der Waals surface area (Å²) < 4.78 is 0. The summed E-state index contributed by atoms with van der Waals surface area (Å²) in [7, 11) is 3.13. The molecule has 5 nitrogen and oxygen atoms in total. The smallest absolute Gasteiger partial charge is 0.353 e. The first-order valence-corrected chi connectivity index (χ1v) is 5.55. The fourth-order valence-electron chi connectivity index (χ4n) is 1.77. The molecule has 2 aromatic rings. The maximum atomic E-state index is 12.1. The third-order valence-corrected chi connectivity index (χ3v) is 2.83. The van der Waals surface area contributed by atoms with Gasteiger partial charge in [0.05, 0.1) is 5.56 Å². The number of amides is 1. The Morgan fingerprint density at radius 1 is 1.33 bits per heavy atom. The van der Waals surface area contributed by atoms with Crippen molar-refractivity contribution in [2.24, 2.45) is 0 Å². The van der Waals surface area contributed by atoms with Gasteiger partial charge in [0.1, 0.15) is 5.69 Å². The number of benzene rings is 1. The van der Waals surface area contributed by atoms with Gasteiger partial charge in [0, 0.05) is 30.0 Å². The van der Waals surface area contributed by atoms with E-state index in [1.54, 1.807) is 32.3 Å². The number of carbonyl (C=O) groups excluding carboxylic acids is 1. The number of fused-ring (bicyclic) bond motifs is 1. The minimum absolute atomic E-state index is 0.119. The van der Waals surface area contributed by atoms with E-state index in [0.717, 1.165) is 0 Å². The van der Waals surface area contributed by atoms with Crippen molar-refractivity contribution in [2.75, 3.05) is 14.1 Å². The Kier molecular flexibility index (Phi) is 3.00. The lowest BCUT2D eigenvalue weighted by Crippen LogP contribution is -2.23. The third kappa shape index (κ3) is 1.93. The van der Waals surface area contributed by atoms with E-state index in [0.29, 0.717) is 15.9 Å². The van der Waals surface area contributed by atoms with Gasteiger partial charge >= 0.3 is 5.97 Å². The van der Waals surface area contributed by atoms with Crippen molar-refractivity contribution in [1.82, 2.24) is 9.88 Å². The van der Waals surface area contributed by atoms with Crippen LogP contribution in [0.5, 0.6) is 0 Å². The van der Waals surface area contributed by atoms with Gasteiger partial charge in [-0.15, -0.1) is 0 Å². The average molecular weight is 267 g/mol. The van der Waals surface area contributed by atoms with Crippen molar-refractivity contribution in [2.45, 2.75) is 0 Å². The van der Waals surface area contributed by atoms with Crippen LogP contribution < -0.4 is 0 Å². The van der Waals surface area contributed by atoms with Crippen LogP contribution in [0.1, 0.15) is 20.8 Å². The Morgan fingerprint density at radius 3 is 2.56 bits per heavy atom. The van der Waals surface area contributed by atoms with Crippen LogP contribution >= 0.6 is 11.6 Å². The molecule has 0 aliphatic heterocycles. The van der Waals surface area contributed by atoms with Gasteiger partial charge in [-0.05, 0) is 18.2 Å². The molecular formula is C12H11ClN2O3. The van der Waals surface area contributed by atoms with E-state index in [9.17, 15) is 9.59 Å². The van der Waals surface area contributed by atoms with E-state index >= 15 is 0 Å². The van der Waals surface area contributed by atoms with Crippen LogP contribution in [0.4, 0.5) is 0 Å². The highest BCUT2D eigenvalue weighted by atomic mass is 35.5. The molecule has 0 radical (unpaired) electrons. The van der Waals surface area contributed by atoms with Gasteiger partial charge in [0.2, 0.25) is 0 Å². The zero-order valence-electron chi connectivity index (χ0n) is 9.82. The molecule has 1 aromatic heterocycles. The monoisotopic (exact) mass is 266 g/mol. The molecule has 2 rings (SSSR count). The lowest BCUT2D eigenvalue weighted by molar-refractivity contribution is 0.0680. The molecule has 0 spiro atoms. The highest BCUT2D eigenvalue weighted by Crippen LogP contribution is 2.26. The molecule has 1 aromatic carbocycles. The van der Waals surface area contributed by atoms with Crippen molar-refractivity contribution in [3.8, 4) is 0 Å². The molecule has 0 bridgehead atoms. The Balaban J connectivity index is 2.80. The lowest BCUT2D eigenvalue weighted by Gasteiger charge is -2.10. The second-order valence-electron chi connectivity index (χ2n) is 4.07. The zero-order chi connectivity index (χ0) is 13.4. The normalized spacial score (nSPS) is 10.6. The maximum absolute atomic E-state index is 12.1. The van der Waals surface area contributed by atoms with Crippen LogP contribution in [-0.4, -0.2) is 41.0 Å². The van der Waals surface area contributed by atoms with Gasteiger partial charge in [-0.3, -0.25) is 4.79 Å². The number of carboxylic acids is 1. The number of hydrogen-bond donors (Lipinski definition) is 2. The van der Waals surface area contributed by atoms with Crippen LogP contribution in [0.2, 0.25) is 5.02 Å². The number of carboxylic acid groups (broad SMARTS) is 1. The second-order valence-corrected chi connectivity index (χ2v) is 4.51. The summed E-state index contributed by atoms with van der Waals surface area (Å²) in [5.41, 5.74) is 0.581. The predicted molar refractivity (Wildman–Crippen MR) is 68.3 cm³/mol. The molecule has 94 valence electrons. The van der Waals surface area contributed by atoms with Crippen molar-refractivity contribution in [3.63, 3.8) is 0 Å². The molecule has 1 heterocycles. The summed E-state index contributed by atoms with van der Waals surface area (Å²) in [6, 6.07) is 4.86. The summed E-state index contributed by atoms with van der Waals surface area (Å²) in [4.78, 5) is 27.3.